The van der Waals surface area contributed by atoms with E-state index in [0.29, 0.717) is 0 Å². The Labute approximate surface area is 179 Å². The van der Waals surface area contributed by atoms with Crippen LogP contribution in [-0.2, 0) is 0 Å². The van der Waals surface area contributed by atoms with Gasteiger partial charge in [-0.3, -0.25) is 0 Å². The van der Waals surface area contributed by atoms with Gasteiger partial charge in [-0.25, -0.2) is 4.98 Å². The fourth-order valence-corrected chi connectivity index (χ4v) is 4.09. The maximum atomic E-state index is 4.95. The maximum absolute atomic E-state index is 4.95. The highest BCUT2D eigenvalue weighted by atomic mass is 79.9. The van der Waals surface area contributed by atoms with Crippen LogP contribution >= 0.6 is 43.6 Å². The van der Waals surface area contributed by atoms with E-state index in [2.05, 4.69) is 91.6 Å². The standard InChI is InChI=1S/C22H16Br2N2S/c1-27-17-12-8-15(9-13-17)22-25-20(14-6-10-16(23)11-7-14)21(26-22)18-4-2-3-5-19(18)24/h2-13H,1H3,(H,25,26). The van der Waals surface area contributed by atoms with Gasteiger partial charge >= 0.3 is 0 Å². The molecule has 0 saturated carbocycles. The minimum absolute atomic E-state index is 0.867. The Bertz CT molecular complexity index is 1070. The Hall–Kier alpha value is -1.82. The number of H-pyrrole nitrogens is 1. The number of hydrogen-bond acceptors (Lipinski definition) is 2. The largest absolute Gasteiger partial charge is 0.337 e. The van der Waals surface area contributed by atoms with E-state index in [1.807, 2.05) is 24.3 Å². The Morgan fingerprint density at radius 3 is 2.15 bits per heavy atom. The summed E-state index contributed by atoms with van der Waals surface area (Å²) >= 11 is 8.93. The molecule has 4 aromatic rings. The zero-order valence-electron chi connectivity index (χ0n) is 14.5. The van der Waals surface area contributed by atoms with Crippen molar-refractivity contribution >= 4 is 43.6 Å². The fraction of sp³-hybridized carbons (Fsp3) is 0.0455. The number of rotatable bonds is 4. The van der Waals surface area contributed by atoms with Crippen LogP contribution in [0.2, 0.25) is 0 Å². The summed E-state index contributed by atoms with van der Waals surface area (Å²) in [5.41, 5.74) is 5.19. The molecule has 0 spiro atoms. The van der Waals surface area contributed by atoms with Crippen LogP contribution in [0.1, 0.15) is 0 Å². The number of nitrogens with one attached hydrogen (secondary N) is 1. The topological polar surface area (TPSA) is 28.7 Å². The van der Waals surface area contributed by atoms with Crippen LogP contribution in [0.5, 0.6) is 0 Å². The number of imidazole rings is 1. The van der Waals surface area contributed by atoms with Crippen molar-refractivity contribution < 1.29 is 0 Å². The molecule has 2 nitrogen and oxygen atoms in total. The summed E-state index contributed by atoms with van der Waals surface area (Å²) in [6.07, 6.45) is 2.08. The molecule has 0 bridgehead atoms. The highest BCUT2D eigenvalue weighted by Gasteiger charge is 2.17. The summed E-state index contributed by atoms with van der Waals surface area (Å²) in [7, 11) is 0. The molecule has 3 aromatic carbocycles. The maximum Gasteiger partial charge on any atom is 0.138 e. The summed E-state index contributed by atoms with van der Waals surface area (Å²) in [5.74, 6) is 0.867. The molecule has 0 amide bonds. The van der Waals surface area contributed by atoms with E-state index in [0.717, 1.165) is 42.8 Å². The SMILES string of the molecule is CSc1ccc(-c2nc(-c3ccc(Br)cc3)c(-c3ccccc3Br)[nH]2)cc1. The van der Waals surface area contributed by atoms with E-state index < -0.39 is 0 Å². The summed E-state index contributed by atoms with van der Waals surface area (Å²) in [5, 5.41) is 0. The molecule has 1 heterocycles. The lowest BCUT2D eigenvalue weighted by atomic mass is 10.1. The first-order valence-corrected chi connectivity index (χ1v) is 11.2. The van der Waals surface area contributed by atoms with Crippen LogP contribution in [0.3, 0.4) is 0 Å². The Kier molecular flexibility index (Phi) is 5.53. The molecular weight excluding hydrogens is 484 g/mol. The van der Waals surface area contributed by atoms with E-state index in [1.54, 1.807) is 11.8 Å². The molecule has 1 N–H and O–H groups in total. The van der Waals surface area contributed by atoms with E-state index in [4.69, 9.17) is 4.98 Å². The first-order valence-electron chi connectivity index (χ1n) is 8.41. The highest BCUT2D eigenvalue weighted by Crippen LogP contribution is 2.37. The monoisotopic (exact) mass is 498 g/mol. The summed E-state index contributed by atoms with van der Waals surface area (Å²) in [6.45, 7) is 0. The normalized spacial score (nSPS) is 10.9. The van der Waals surface area contributed by atoms with Crippen molar-refractivity contribution in [3.8, 4) is 33.9 Å². The lowest BCUT2D eigenvalue weighted by molar-refractivity contribution is 1.30. The molecule has 0 aliphatic heterocycles. The van der Waals surface area contributed by atoms with E-state index in [-0.39, 0.29) is 0 Å². The molecule has 27 heavy (non-hydrogen) atoms. The van der Waals surface area contributed by atoms with Crippen LogP contribution in [0, 0.1) is 0 Å². The number of aromatic nitrogens is 2. The lowest BCUT2D eigenvalue weighted by Crippen LogP contribution is -1.85. The predicted octanol–water partition coefficient (Wildman–Crippen LogP) is 7.66. The minimum atomic E-state index is 0.867. The summed E-state index contributed by atoms with van der Waals surface area (Å²) in [4.78, 5) is 9.74. The van der Waals surface area contributed by atoms with Gasteiger partial charge < -0.3 is 4.98 Å². The second-order valence-electron chi connectivity index (χ2n) is 6.02. The zero-order valence-corrected chi connectivity index (χ0v) is 18.5. The molecule has 0 saturated heterocycles. The van der Waals surface area contributed by atoms with Crippen molar-refractivity contribution in [3.63, 3.8) is 0 Å². The van der Waals surface area contributed by atoms with Gasteiger partial charge in [-0.15, -0.1) is 11.8 Å². The van der Waals surface area contributed by atoms with Crippen molar-refractivity contribution in [2.24, 2.45) is 0 Å². The smallest absolute Gasteiger partial charge is 0.138 e. The second kappa shape index (κ2) is 8.05. The molecule has 0 radical (unpaired) electrons. The summed E-state index contributed by atoms with van der Waals surface area (Å²) in [6, 6.07) is 24.9. The number of hydrogen-bond donors (Lipinski definition) is 1. The molecular formula is C22H16Br2N2S. The third-order valence-electron chi connectivity index (χ3n) is 4.33. The van der Waals surface area contributed by atoms with Gasteiger partial charge in [0.25, 0.3) is 0 Å². The Morgan fingerprint density at radius 2 is 1.48 bits per heavy atom. The first kappa shape index (κ1) is 18.5. The van der Waals surface area contributed by atoms with Crippen molar-refractivity contribution in [1.82, 2.24) is 9.97 Å². The number of aromatic amines is 1. The van der Waals surface area contributed by atoms with Gasteiger partial charge in [0.2, 0.25) is 0 Å². The predicted molar refractivity (Wildman–Crippen MR) is 122 cm³/mol. The van der Waals surface area contributed by atoms with Gasteiger partial charge in [-0.2, -0.15) is 0 Å². The van der Waals surface area contributed by atoms with Gasteiger partial charge in [0.15, 0.2) is 0 Å². The van der Waals surface area contributed by atoms with Gasteiger partial charge in [-0.05, 0) is 36.6 Å². The van der Waals surface area contributed by atoms with Crippen molar-refractivity contribution in [1.29, 1.82) is 0 Å². The number of thioether (sulfide) groups is 1. The van der Waals surface area contributed by atoms with Crippen LogP contribution in [0.15, 0.2) is 86.6 Å². The Balaban J connectivity index is 1.88. The van der Waals surface area contributed by atoms with E-state index in [1.165, 1.54) is 4.90 Å². The fourth-order valence-electron chi connectivity index (χ4n) is 2.93. The van der Waals surface area contributed by atoms with Gasteiger partial charge in [0.1, 0.15) is 5.82 Å². The first-order chi connectivity index (χ1) is 13.2. The van der Waals surface area contributed by atoms with E-state index >= 15 is 0 Å². The average Bonchev–Trinajstić information content (AvgIpc) is 3.14. The molecule has 0 aliphatic carbocycles. The van der Waals surface area contributed by atoms with E-state index in [9.17, 15) is 0 Å². The molecule has 5 heteroatoms. The third-order valence-corrected chi connectivity index (χ3v) is 6.29. The molecule has 4 rings (SSSR count). The molecule has 0 unspecified atom stereocenters. The van der Waals surface area contributed by atoms with Gasteiger partial charge in [0, 0.05) is 30.5 Å². The lowest BCUT2D eigenvalue weighted by Gasteiger charge is -2.05. The molecule has 1 aromatic heterocycles. The van der Waals surface area contributed by atoms with Crippen LogP contribution in [0.4, 0.5) is 0 Å². The Morgan fingerprint density at radius 1 is 0.815 bits per heavy atom. The van der Waals surface area contributed by atoms with Crippen LogP contribution in [-0.4, -0.2) is 16.2 Å². The molecule has 134 valence electrons. The van der Waals surface area contributed by atoms with Crippen LogP contribution in [0.25, 0.3) is 33.9 Å². The molecule has 0 fully saturated rings. The average molecular weight is 500 g/mol. The second-order valence-corrected chi connectivity index (χ2v) is 8.67. The number of nitrogens with zero attached hydrogens (tertiary/aromatic N) is 1. The van der Waals surface area contributed by atoms with Crippen molar-refractivity contribution in [2.45, 2.75) is 4.90 Å². The quantitative estimate of drug-likeness (QED) is 0.292. The third kappa shape index (κ3) is 3.91. The minimum Gasteiger partial charge on any atom is -0.337 e. The highest BCUT2D eigenvalue weighted by molar-refractivity contribution is 9.10. The van der Waals surface area contributed by atoms with Crippen molar-refractivity contribution in [3.05, 3.63) is 81.7 Å². The van der Waals surface area contributed by atoms with Crippen molar-refractivity contribution in [2.75, 3.05) is 6.26 Å². The summed E-state index contributed by atoms with van der Waals surface area (Å²) < 4.78 is 2.09. The van der Waals surface area contributed by atoms with Crippen LogP contribution < -0.4 is 0 Å². The van der Waals surface area contributed by atoms with Gasteiger partial charge in [0.05, 0.1) is 11.4 Å². The molecule has 0 aliphatic rings. The van der Waals surface area contributed by atoms with Gasteiger partial charge in [-0.1, -0.05) is 74.3 Å². The zero-order chi connectivity index (χ0) is 18.8. The molecule has 0 atom stereocenters. The number of halogens is 2. The number of benzene rings is 3.